The van der Waals surface area contributed by atoms with Crippen LogP contribution >= 0.6 is 0 Å². The summed E-state index contributed by atoms with van der Waals surface area (Å²) >= 11 is 0. The minimum Gasteiger partial charge on any atom is -0.318 e. The number of hydrogen-bond donors (Lipinski definition) is 2. The van der Waals surface area contributed by atoms with Crippen LogP contribution in [0.25, 0.3) is 0 Å². The minimum atomic E-state index is -0.261. The Labute approximate surface area is 108 Å². The number of hydrogen-bond acceptors (Lipinski definition) is 3. The lowest BCUT2D eigenvalue weighted by Gasteiger charge is -2.07. The molecule has 2 aromatic rings. The normalized spacial score (nSPS) is 12.9. The second-order valence-corrected chi connectivity index (χ2v) is 5.13. The summed E-state index contributed by atoms with van der Waals surface area (Å²) in [5, 5.41) is 7.16. The van der Waals surface area contributed by atoms with Gasteiger partial charge >= 0.3 is 0 Å². The molecule has 0 radical (unpaired) electrons. The highest BCUT2D eigenvalue weighted by Gasteiger charge is 2.14. The number of aromatic amines is 1. The fraction of sp³-hybridized carbons (Fsp3) is 0.429. The Morgan fingerprint density at radius 2 is 1.89 bits per heavy atom. The molecule has 3 N–H and O–H groups in total. The largest absolute Gasteiger partial charge is 0.318 e. The first-order chi connectivity index (χ1) is 8.56. The van der Waals surface area contributed by atoms with Crippen molar-refractivity contribution in [1.82, 2.24) is 15.2 Å². The molecule has 0 saturated heterocycles. The van der Waals surface area contributed by atoms with Gasteiger partial charge in [-0.2, -0.15) is 5.10 Å². The molecule has 0 spiro atoms. The number of aryl methyl sites for hydroxylation is 1. The van der Waals surface area contributed by atoms with Crippen molar-refractivity contribution in [2.24, 2.45) is 11.7 Å². The molecule has 18 heavy (non-hydrogen) atoms. The summed E-state index contributed by atoms with van der Waals surface area (Å²) in [7, 11) is 0. The molecule has 0 aliphatic carbocycles. The van der Waals surface area contributed by atoms with Gasteiger partial charge in [-0.1, -0.05) is 43.7 Å². The van der Waals surface area contributed by atoms with Gasteiger partial charge in [-0.15, -0.1) is 0 Å². The molecule has 4 nitrogen and oxygen atoms in total. The van der Waals surface area contributed by atoms with Gasteiger partial charge < -0.3 is 5.73 Å². The Kier molecular flexibility index (Phi) is 3.77. The Morgan fingerprint density at radius 1 is 1.22 bits per heavy atom. The number of H-pyrrole nitrogens is 1. The lowest BCUT2D eigenvalue weighted by atomic mass is 10.1. The molecule has 0 bridgehead atoms. The van der Waals surface area contributed by atoms with Crippen molar-refractivity contribution in [3.05, 3.63) is 47.0 Å². The van der Waals surface area contributed by atoms with E-state index >= 15 is 0 Å². The first kappa shape index (κ1) is 12.8. The van der Waals surface area contributed by atoms with Crippen molar-refractivity contribution in [2.75, 3.05) is 0 Å². The molecule has 1 aromatic carbocycles. The van der Waals surface area contributed by atoms with Crippen LogP contribution in [0, 0.1) is 12.8 Å². The van der Waals surface area contributed by atoms with Crippen molar-refractivity contribution >= 4 is 0 Å². The maximum absolute atomic E-state index is 6.17. The molecule has 1 aromatic heterocycles. The smallest absolute Gasteiger partial charge is 0.171 e. The van der Waals surface area contributed by atoms with Gasteiger partial charge in [0, 0.05) is 6.42 Å². The van der Waals surface area contributed by atoms with E-state index in [4.69, 9.17) is 5.73 Å². The number of benzene rings is 1. The average molecular weight is 244 g/mol. The molecule has 0 saturated carbocycles. The highest BCUT2D eigenvalue weighted by atomic mass is 15.2. The third-order valence-corrected chi connectivity index (χ3v) is 2.87. The van der Waals surface area contributed by atoms with Crippen LogP contribution in [0.2, 0.25) is 0 Å². The van der Waals surface area contributed by atoms with Crippen LogP contribution in [0.4, 0.5) is 0 Å². The Hall–Kier alpha value is -1.68. The first-order valence-electron chi connectivity index (χ1n) is 6.29. The molecule has 1 atom stereocenters. The highest BCUT2D eigenvalue weighted by Crippen LogP contribution is 2.17. The predicted molar refractivity (Wildman–Crippen MR) is 72.1 cm³/mol. The number of rotatable bonds is 4. The van der Waals surface area contributed by atoms with E-state index in [-0.39, 0.29) is 6.04 Å². The fourth-order valence-corrected chi connectivity index (χ4v) is 1.85. The monoisotopic (exact) mass is 244 g/mol. The molecule has 4 heteroatoms. The Balaban J connectivity index is 2.15. The summed E-state index contributed by atoms with van der Waals surface area (Å²) < 4.78 is 0. The molecule has 1 heterocycles. The second-order valence-electron chi connectivity index (χ2n) is 5.13. The third-order valence-electron chi connectivity index (χ3n) is 2.87. The maximum atomic E-state index is 6.17. The van der Waals surface area contributed by atoms with Crippen LogP contribution in [-0.2, 0) is 6.42 Å². The van der Waals surface area contributed by atoms with E-state index in [0.29, 0.717) is 11.7 Å². The summed E-state index contributed by atoms with van der Waals surface area (Å²) in [5.41, 5.74) is 8.43. The van der Waals surface area contributed by atoms with Crippen molar-refractivity contribution in [3.63, 3.8) is 0 Å². The Morgan fingerprint density at radius 3 is 2.50 bits per heavy atom. The van der Waals surface area contributed by atoms with E-state index in [1.54, 1.807) is 0 Å². The van der Waals surface area contributed by atoms with Gasteiger partial charge in [-0.25, -0.2) is 4.98 Å². The van der Waals surface area contributed by atoms with Crippen LogP contribution in [0.3, 0.4) is 0 Å². The zero-order valence-electron chi connectivity index (χ0n) is 11.1. The summed E-state index contributed by atoms with van der Waals surface area (Å²) in [5.74, 6) is 2.12. The zero-order chi connectivity index (χ0) is 13.1. The van der Waals surface area contributed by atoms with Gasteiger partial charge in [0.1, 0.15) is 5.82 Å². The number of aromatic nitrogens is 3. The van der Waals surface area contributed by atoms with Gasteiger partial charge in [0.15, 0.2) is 5.82 Å². The molecule has 0 aliphatic rings. The van der Waals surface area contributed by atoms with E-state index < -0.39 is 0 Å². The van der Waals surface area contributed by atoms with Crippen LogP contribution in [0.5, 0.6) is 0 Å². The van der Waals surface area contributed by atoms with Crippen LogP contribution in [0.15, 0.2) is 24.3 Å². The summed E-state index contributed by atoms with van der Waals surface area (Å²) in [4.78, 5) is 4.46. The summed E-state index contributed by atoms with van der Waals surface area (Å²) in [6.45, 7) is 6.37. The third kappa shape index (κ3) is 2.96. The fourth-order valence-electron chi connectivity index (χ4n) is 1.85. The number of nitrogens with zero attached hydrogens (tertiary/aromatic N) is 2. The van der Waals surface area contributed by atoms with E-state index in [2.05, 4.69) is 48.1 Å². The number of nitrogens with two attached hydrogens (primary N) is 1. The van der Waals surface area contributed by atoms with E-state index in [1.807, 2.05) is 12.1 Å². The van der Waals surface area contributed by atoms with Crippen molar-refractivity contribution in [3.8, 4) is 0 Å². The van der Waals surface area contributed by atoms with Gasteiger partial charge in [-0.05, 0) is 18.4 Å². The maximum Gasteiger partial charge on any atom is 0.171 e. The molecule has 96 valence electrons. The van der Waals surface area contributed by atoms with Gasteiger partial charge in [0.05, 0.1) is 6.04 Å². The van der Waals surface area contributed by atoms with Gasteiger partial charge in [-0.3, -0.25) is 5.10 Å². The topological polar surface area (TPSA) is 67.6 Å². The summed E-state index contributed by atoms with van der Waals surface area (Å²) in [6, 6.07) is 7.90. The van der Waals surface area contributed by atoms with Crippen molar-refractivity contribution in [1.29, 1.82) is 0 Å². The molecule has 2 rings (SSSR count). The summed E-state index contributed by atoms with van der Waals surface area (Å²) in [6.07, 6.45) is 0.896. The molecular weight excluding hydrogens is 224 g/mol. The Bertz CT molecular complexity index is 499. The number of nitrogens with one attached hydrogen (secondary N) is 1. The standard InChI is InChI=1S/C14H20N4/c1-9(2)8-12-16-14(18-17-12)13(15)11-6-4-10(3)5-7-11/h4-7,9,13H,8,15H2,1-3H3,(H,16,17,18). The van der Waals surface area contributed by atoms with Crippen LogP contribution < -0.4 is 5.73 Å². The van der Waals surface area contributed by atoms with E-state index in [1.165, 1.54) is 5.56 Å². The molecule has 0 aliphatic heterocycles. The predicted octanol–water partition coefficient (Wildman–Crippen LogP) is 2.36. The van der Waals surface area contributed by atoms with E-state index in [9.17, 15) is 0 Å². The quantitative estimate of drug-likeness (QED) is 0.867. The average Bonchev–Trinajstić information content (AvgIpc) is 2.76. The molecular formula is C14H20N4. The van der Waals surface area contributed by atoms with Crippen LogP contribution in [-0.4, -0.2) is 15.2 Å². The second kappa shape index (κ2) is 5.31. The molecule has 0 amide bonds. The first-order valence-corrected chi connectivity index (χ1v) is 6.29. The zero-order valence-corrected chi connectivity index (χ0v) is 11.1. The molecule has 1 unspecified atom stereocenters. The van der Waals surface area contributed by atoms with Crippen molar-refractivity contribution in [2.45, 2.75) is 33.2 Å². The van der Waals surface area contributed by atoms with Crippen LogP contribution in [0.1, 0.15) is 42.7 Å². The van der Waals surface area contributed by atoms with Gasteiger partial charge in [0.25, 0.3) is 0 Å². The van der Waals surface area contributed by atoms with E-state index in [0.717, 1.165) is 17.8 Å². The highest BCUT2D eigenvalue weighted by molar-refractivity contribution is 5.27. The lowest BCUT2D eigenvalue weighted by molar-refractivity contribution is 0.622. The lowest BCUT2D eigenvalue weighted by Crippen LogP contribution is -2.13. The minimum absolute atomic E-state index is 0.261. The van der Waals surface area contributed by atoms with Crippen molar-refractivity contribution < 1.29 is 0 Å². The SMILES string of the molecule is Cc1ccc(C(N)c2n[nH]c(CC(C)C)n2)cc1. The van der Waals surface area contributed by atoms with Gasteiger partial charge in [0.2, 0.25) is 0 Å². The molecule has 0 fully saturated rings.